The number of amides is 1. The van der Waals surface area contributed by atoms with Gasteiger partial charge in [-0.2, -0.15) is 5.26 Å². The number of carbonyl (C=O) groups is 1. The number of carbonyl (C=O) groups excluding carboxylic acids is 1. The molecule has 118 valence electrons. The highest BCUT2D eigenvalue weighted by atomic mass is 35.5. The summed E-state index contributed by atoms with van der Waals surface area (Å²) in [6.45, 7) is -0.122. The summed E-state index contributed by atoms with van der Waals surface area (Å²) >= 11 is 5.86. The molecule has 0 aliphatic heterocycles. The topological polar surface area (TPSA) is 62.1 Å². The van der Waals surface area contributed by atoms with Crippen LogP contribution in [-0.4, -0.2) is 12.5 Å². The Morgan fingerprint density at radius 2 is 1.88 bits per heavy atom. The number of nitriles is 1. The molecule has 0 aromatic heterocycles. The Kier molecular flexibility index (Phi) is 4.64. The van der Waals surface area contributed by atoms with Crippen molar-refractivity contribution in [1.82, 2.24) is 0 Å². The van der Waals surface area contributed by atoms with E-state index >= 15 is 0 Å². The summed E-state index contributed by atoms with van der Waals surface area (Å²) in [6.07, 6.45) is 0. The molecular weight excluding hydrogens is 324 g/mol. The molecule has 5 heteroatoms. The maximum atomic E-state index is 12.0. The molecule has 4 nitrogen and oxygen atoms in total. The molecule has 1 amide bonds. The third-order valence-electron chi connectivity index (χ3n) is 3.46. The quantitative estimate of drug-likeness (QED) is 0.769. The van der Waals surface area contributed by atoms with Crippen molar-refractivity contribution in [3.05, 3.63) is 71.2 Å². The van der Waals surface area contributed by atoms with Gasteiger partial charge in [0.1, 0.15) is 11.8 Å². The van der Waals surface area contributed by atoms with Crippen molar-refractivity contribution in [2.75, 3.05) is 11.9 Å². The molecule has 24 heavy (non-hydrogen) atoms. The molecule has 0 aliphatic rings. The number of hydrogen-bond donors (Lipinski definition) is 1. The highest BCUT2D eigenvalue weighted by molar-refractivity contribution is 6.31. The van der Waals surface area contributed by atoms with Gasteiger partial charge in [0.15, 0.2) is 6.61 Å². The minimum Gasteiger partial charge on any atom is -0.484 e. The molecule has 3 rings (SSSR count). The van der Waals surface area contributed by atoms with Crippen LogP contribution in [0.3, 0.4) is 0 Å². The van der Waals surface area contributed by atoms with Crippen LogP contribution in [0.15, 0.2) is 60.7 Å². The average Bonchev–Trinajstić information content (AvgIpc) is 2.61. The van der Waals surface area contributed by atoms with E-state index in [0.29, 0.717) is 22.0 Å². The van der Waals surface area contributed by atoms with Crippen LogP contribution in [0.2, 0.25) is 5.02 Å². The van der Waals surface area contributed by atoms with Crippen molar-refractivity contribution in [1.29, 1.82) is 5.26 Å². The lowest BCUT2D eigenvalue weighted by molar-refractivity contribution is -0.118. The largest absolute Gasteiger partial charge is 0.484 e. The van der Waals surface area contributed by atoms with Crippen molar-refractivity contribution in [2.45, 2.75) is 0 Å². The van der Waals surface area contributed by atoms with E-state index in [0.717, 1.165) is 10.8 Å². The van der Waals surface area contributed by atoms with Crippen LogP contribution >= 0.6 is 11.6 Å². The van der Waals surface area contributed by atoms with Gasteiger partial charge < -0.3 is 10.1 Å². The van der Waals surface area contributed by atoms with Crippen LogP contribution in [0.1, 0.15) is 5.56 Å². The number of fused-ring (bicyclic) bond motifs is 1. The van der Waals surface area contributed by atoms with Crippen LogP contribution in [-0.2, 0) is 4.79 Å². The molecule has 3 aromatic carbocycles. The van der Waals surface area contributed by atoms with E-state index in [1.54, 1.807) is 12.1 Å². The number of rotatable bonds is 4. The van der Waals surface area contributed by atoms with Gasteiger partial charge in [-0.05, 0) is 41.1 Å². The zero-order chi connectivity index (χ0) is 16.9. The number of anilines is 1. The zero-order valence-electron chi connectivity index (χ0n) is 12.6. The monoisotopic (exact) mass is 336 g/mol. The lowest BCUT2D eigenvalue weighted by Crippen LogP contribution is -2.20. The summed E-state index contributed by atoms with van der Waals surface area (Å²) in [6, 6.07) is 20.3. The Balaban J connectivity index is 1.63. The second-order valence-electron chi connectivity index (χ2n) is 5.15. The number of benzene rings is 3. The SMILES string of the molecule is N#Cc1cc(NC(=O)COc2ccc3ccccc3c2)ccc1Cl. The molecule has 0 saturated carbocycles. The fourth-order valence-corrected chi connectivity index (χ4v) is 2.45. The maximum Gasteiger partial charge on any atom is 0.262 e. The molecule has 0 aliphatic carbocycles. The third-order valence-corrected chi connectivity index (χ3v) is 3.79. The molecule has 3 aromatic rings. The highest BCUT2D eigenvalue weighted by Gasteiger charge is 2.07. The van der Waals surface area contributed by atoms with Crippen LogP contribution in [0.5, 0.6) is 5.75 Å². The Morgan fingerprint density at radius 3 is 2.67 bits per heavy atom. The van der Waals surface area contributed by atoms with Crippen LogP contribution in [0.4, 0.5) is 5.69 Å². The van der Waals surface area contributed by atoms with Crippen molar-refractivity contribution in [3.8, 4) is 11.8 Å². The minimum absolute atomic E-state index is 0.122. The first-order valence-corrected chi connectivity index (χ1v) is 7.64. The Bertz CT molecular complexity index is 947. The second kappa shape index (κ2) is 7.03. The molecule has 0 spiro atoms. The van der Waals surface area contributed by atoms with E-state index in [4.69, 9.17) is 21.6 Å². The molecule has 0 atom stereocenters. The van der Waals surface area contributed by atoms with Crippen molar-refractivity contribution >= 4 is 34.0 Å². The minimum atomic E-state index is -0.311. The van der Waals surface area contributed by atoms with E-state index in [9.17, 15) is 4.79 Å². The number of ether oxygens (including phenoxy) is 1. The average molecular weight is 337 g/mol. The van der Waals surface area contributed by atoms with Gasteiger partial charge in [0.25, 0.3) is 5.91 Å². The number of halogens is 1. The van der Waals surface area contributed by atoms with E-state index in [1.807, 2.05) is 48.5 Å². The molecular formula is C19H13ClN2O2. The normalized spacial score (nSPS) is 10.2. The molecule has 1 N–H and O–H groups in total. The fourth-order valence-electron chi connectivity index (χ4n) is 2.29. The first-order chi connectivity index (χ1) is 11.7. The van der Waals surface area contributed by atoms with E-state index in [1.165, 1.54) is 6.07 Å². The Labute approximate surface area is 144 Å². The van der Waals surface area contributed by atoms with Gasteiger partial charge in [0.05, 0.1) is 10.6 Å². The number of nitrogens with zero attached hydrogens (tertiary/aromatic N) is 1. The van der Waals surface area contributed by atoms with Gasteiger partial charge in [-0.3, -0.25) is 4.79 Å². The predicted octanol–water partition coefficient (Wildman–Crippen LogP) is 4.38. The van der Waals surface area contributed by atoms with Crippen molar-refractivity contribution < 1.29 is 9.53 Å². The van der Waals surface area contributed by atoms with Gasteiger partial charge in [0, 0.05) is 5.69 Å². The van der Waals surface area contributed by atoms with Crippen LogP contribution < -0.4 is 10.1 Å². The fraction of sp³-hybridized carbons (Fsp3) is 0.0526. The predicted molar refractivity (Wildman–Crippen MR) is 94.2 cm³/mol. The van der Waals surface area contributed by atoms with Gasteiger partial charge in [-0.15, -0.1) is 0 Å². The molecule has 0 radical (unpaired) electrons. The zero-order valence-corrected chi connectivity index (χ0v) is 13.4. The molecule has 0 bridgehead atoms. The lowest BCUT2D eigenvalue weighted by atomic mass is 10.1. The van der Waals surface area contributed by atoms with E-state index in [-0.39, 0.29) is 12.5 Å². The maximum absolute atomic E-state index is 12.0. The molecule has 0 saturated heterocycles. The summed E-state index contributed by atoms with van der Waals surface area (Å²) in [7, 11) is 0. The van der Waals surface area contributed by atoms with E-state index < -0.39 is 0 Å². The number of nitrogens with one attached hydrogen (secondary N) is 1. The lowest BCUT2D eigenvalue weighted by Gasteiger charge is -2.09. The summed E-state index contributed by atoms with van der Waals surface area (Å²) in [5.74, 6) is 0.312. The first-order valence-electron chi connectivity index (χ1n) is 7.27. The van der Waals surface area contributed by atoms with Crippen LogP contribution in [0, 0.1) is 11.3 Å². The Hall–Kier alpha value is -3.03. The van der Waals surface area contributed by atoms with Gasteiger partial charge >= 0.3 is 0 Å². The van der Waals surface area contributed by atoms with Crippen LogP contribution in [0.25, 0.3) is 10.8 Å². The number of hydrogen-bond acceptors (Lipinski definition) is 3. The van der Waals surface area contributed by atoms with Gasteiger partial charge in [0.2, 0.25) is 0 Å². The summed E-state index contributed by atoms with van der Waals surface area (Å²) in [5.41, 5.74) is 0.813. The summed E-state index contributed by atoms with van der Waals surface area (Å²) in [4.78, 5) is 12.0. The summed E-state index contributed by atoms with van der Waals surface area (Å²) in [5, 5.41) is 14.1. The smallest absolute Gasteiger partial charge is 0.262 e. The molecule has 0 fully saturated rings. The standard InChI is InChI=1S/C19H13ClN2O2/c20-18-8-6-16(9-15(18)11-21)22-19(23)12-24-17-7-5-13-3-1-2-4-14(13)10-17/h1-10H,12H2,(H,22,23). The third kappa shape index (κ3) is 3.65. The van der Waals surface area contributed by atoms with E-state index in [2.05, 4.69) is 5.32 Å². The second-order valence-corrected chi connectivity index (χ2v) is 5.56. The Morgan fingerprint density at radius 1 is 1.08 bits per heavy atom. The molecule has 0 heterocycles. The van der Waals surface area contributed by atoms with Crippen molar-refractivity contribution in [3.63, 3.8) is 0 Å². The van der Waals surface area contributed by atoms with Gasteiger partial charge in [-0.1, -0.05) is 41.9 Å². The van der Waals surface area contributed by atoms with Crippen molar-refractivity contribution in [2.24, 2.45) is 0 Å². The molecule has 0 unspecified atom stereocenters. The highest BCUT2D eigenvalue weighted by Crippen LogP contribution is 2.21. The summed E-state index contributed by atoms with van der Waals surface area (Å²) < 4.78 is 5.53. The van der Waals surface area contributed by atoms with Gasteiger partial charge in [-0.25, -0.2) is 0 Å². The first kappa shape index (κ1) is 15.9.